The maximum Gasteiger partial charge on any atom is 0.0915 e. The topological polar surface area (TPSA) is 64.2 Å². The Bertz CT molecular complexity index is 237. The number of hydrogen-bond acceptors (Lipinski definition) is 3. The van der Waals surface area contributed by atoms with E-state index < -0.39 is 12.2 Å². The van der Waals surface area contributed by atoms with Crippen LogP contribution < -0.4 is 0 Å². The molecule has 0 radical (unpaired) electrons. The van der Waals surface area contributed by atoms with Crippen molar-refractivity contribution < 1.29 is 10.2 Å². The molecule has 3 nitrogen and oxygen atoms in total. The molecule has 0 fully saturated rings. The Balaban J connectivity index is 2.78. The molecular formula is C8H9NO2. The number of nitrogens with zero attached hydrogens (tertiary/aromatic N) is 1. The second-order valence-corrected chi connectivity index (χ2v) is 2.45. The van der Waals surface area contributed by atoms with E-state index in [1.165, 1.54) is 6.08 Å². The lowest BCUT2D eigenvalue weighted by Gasteiger charge is -2.18. The van der Waals surface area contributed by atoms with E-state index in [0.29, 0.717) is 5.57 Å². The monoisotopic (exact) mass is 151 g/mol. The van der Waals surface area contributed by atoms with Gasteiger partial charge in [-0.25, -0.2) is 0 Å². The molecule has 1 rings (SSSR count). The highest BCUT2D eigenvalue weighted by Crippen LogP contribution is 2.16. The van der Waals surface area contributed by atoms with Crippen LogP contribution in [0.25, 0.3) is 0 Å². The molecule has 0 aromatic carbocycles. The average Bonchev–Trinajstić information content (AvgIpc) is 1.95. The van der Waals surface area contributed by atoms with Crippen molar-refractivity contribution >= 4 is 0 Å². The Kier molecular flexibility index (Phi) is 2.42. The van der Waals surface area contributed by atoms with E-state index in [0.717, 1.165) is 0 Å². The fourth-order valence-electron chi connectivity index (χ4n) is 0.995. The molecule has 0 saturated heterocycles. The Labute approximate surface area is 64.9 Å². The van der Waals surface area contributed by atoms with Gasteiger partial charge >= 0.3 is 0 Å². The average molecular weight is 151 g/mol. The summed E-state index contributed by atoms with van der Waals surface area (Å²) in [7, 11) is 0. The van der Waals surface area contributed by atoms with Crippen molar-refractivity contribution in [1.29, 1.82) is 5.26 Å². The summed E-state index contributed by atoms with van der Waals surface area (Å²) in [5, 5.41) is 26.5. The summed E-state index contributed by atoms with van der Waals surface area (Å²) in [6, 6.07) is 1.83. The number of allylic oxidation sites excluding steroid dienone is 1. The molecule has 58 valence electrons. The van der Waals surface area contributed by atoms with Crippen LogP contribution >= 0.6 is 0 Å². The standard InChI is InChI=1S/C8H9NO2/c9-4-3-6-1-2-7(10)5-8(6)11/h1-3,7-8,10-11H,5H2/b6-3+/t7-,8-/m0/s1. The quantitative estimate of drug-likeness (QED) is 0.483. The van der Waals surface area contributed by atoms with Gasteiger partial charge in [-0.05, 0) is 5.57 Å². The predicted octanol–water partition coefficient (Wildman–Crippen LogP) is 0.118. The largest absolute Gasteiger partial charge is 0.389 e. The van der Waals surface area contributed by atoms with Gasteiger partial charge in [0.2, 0.25) is 0 Å². The van der Waals surface area contributed by atoms with Gasteiger partial charge in [-0.2, -0.15) is 5.26 Å². The maximum absolute atomic E-state index is 9.24. The Morgan fingerprint density at radius 3 is 2.91 bits per heavy atom. The third kappa shape index (κ3) is 1.90. The van der Waals surface area contributed by atoms with E-state index in [2.05, 4.69) is 0 Å². The van der Waals surface area contributed by atoms with Crippen LogP contribution in [0.3, 0.4) is 0 Å². The lowest BCUT2D eigenvalue weighted by Crippen LogP contribution is -2.21. The highest BCUT2D eigenvalue weighted by atomic mass is 16.3. The molecule has 0 aromatic rings. The number of aliphatic hydroxyl groups is 2. The van der Waals surface area contributed by atoms with Crippen molar-refractivity contribution in [3.05, 3.63) is 23.8 Å². The second-order valence-electron chi connectivity index (χ2n) is 2.45. The van der Waals surface area contributed by atoms with Crippen LogP contribution in [0.1, 0.15) is 6.42 Å². The minimum atomic E-state index is -0.699. The van der Waals surface area contributed by atoms with E-state index in [4.69, 9.17) is 10.4 Å². The maximum atomic E-state index is 9.24. The van der Waals surface area contributed by atoms with Crippen LogP contribution in [-0.4, -0.2) is 22.4 Å². The Morgan fingerprint density at radius 2 is 2.36 bits per heavy atom. The van der Waals surface area contributed by atoms with Crippen molar-refractivity contribution in [1.82, 2.24) is 0 Å². The van der Waals surface area contributed by atoms with Gasteiger partial charge in [-0.15, -0.1) is 0 Å². The summed E-state index contributed by atoms with van der Waals surface area (Å²) in [5.41, 5.74) is 0.567. The van der Waals surface area contributed by atoms with Crippen molar-refractivity contribution in [2.75, 3.05) is 0 Å². The van der Waals surface area contributed by atoms with Crippen molar-refractivity contribution in [2.45, 2.75) is 18.6 Å². The predicted molar refractivity (Wildman–Crippen MR) is 39.5 cm³/mol. The van der Waals surface area contributed by atoms with E-state index in [9.17, 15) is 5.11 Å². The van der Waals surface area contributed by atoms with Gasteiger partial charge in [0.15, 0.2) is 0 Å². The second kappa shape index (κ2) is 3.33. The minimum absolute atomic E-state index is 0.282. The van der Waals surface area contributed by atoms with Crippen LogP contribution in [0.4, 0.5) is 0 Å². The fourth-order valence-corrected chi connectivity index (χ4v) is 0.995. The first-order valence-corrected chi connectivity index (χ1v) is 3.38. The zero-order valence-corrected chi connectivity index (χ0v) is 5.94. The first-order chi connectivity index (χ1) is 5.24. The first-order valence-electron chi connectivity index (χ1n) is 3.38. The van der Waals surface area contributed by atoms with Crippen LogP contribution in [0.15, 0.2) is 23.8 Å². The van der Waals surface area contributed by atoms with Gasteiger partial charge in [0.1, 0.15) is 0 Å². The minimum Gasteiger partial charge on any atom is -0.389 e. The van der Waals surface area contributed by atoms with Gasteiger partial charge < -0.3 is 10.2 Å². The molecule has 3 heteroatoms. The van der Waals surface area contributed by atoms with Crippen LogP contribution in [0.2, 0.25) is 0 Å². The van der Waals surface area contributed by atoms with Gasteiger partial charge in [-0.3, -0.25) is 0 Å². The third-order valence-electron chi connectivity index (χ3n) is 1.59. The van der Waals surface area contributed by atoms with Crippen molar-refractivity contribution in [3.8, 4) is 6.07 Å². The number of nitriles is 1. The summed E-state index contributed by atoms with van der Waals surface area (Å²) in [4.78, 5) is 0. The van der Waals surface area contributed by atoms with Crippen LogP contribution in [0, 0.1) is 11.3 Å². The van der Waals surface area contributed by atoms with Gasteiger partial charge in [0.25, 0.3) is 0 Å². The number of aliphatic hydroxyl groups excluding tert-OH is 2. The zero-order chi connectivity index (χ0) is 8.27. The van der Waals surface area contributed by atoms with Gasteiger partial charge in [0, 0.05) is 12.5 Å². The van der Waals surface area contributed by atoms with E-state index in [1.807, 2.05) is 6.07 Å². The lowest BCUT2D eigenvalue weighted by molar-refractivity contribution is 0.122. The first kappa shape index (κ1) is 7.99. The molecule has 2 N–H and O–H groups in total. The Morgan fingerprint density at radius 1 is 1.64 bits per heavy atom. The highest BCUT2D eigenvalue weighted by molar-refractivity contribution is 5.31. The van der Waals surface area contributed by atoms with Gasteiger partial charge in [-0.1, -0.05) is 12.2 Å². The molecule has 0 saturated carbocycles. The molecule has 1 aliphatic carbocycles. The molecule has 0 spiro atoms. The number of hydrogen-bond donors (Lipinski definition) is 2. The molecule has 2 atom stereocenters. The lowest BCUT2D eigenvalue weighted by atomic mass is 9.97. The molecule has 0 aromatic heterocycles. The summed E-state index contributed by atoms with van der Waals surface area (Å²) >= 11 is 0. The number of rotatable bonds is 0. The van der Waals surface area contributed by atoms with E-state index in [-0.39, 0.29) is 6.42 Å². The van der Waals surface area contributed by atoms with Gasteiger partial charge in [0.05, 0.1) is 18.3 Å². The van der Waals surface area contributed by atoms with Crippen molar-refractivity contribution in [3.63, 3.8) is 0 Å². The summed E-state index contributed by atoms with van der Waals surface area (Å²) in [6.45, 7) is 0. The van der Waals surface area contributed by atoms with Crippen molar-refractivity contribution in [2.24, 2.45) is 0 Å². The van der Waals surface area contributed by atoms with E-state index >= 15 is 0 Å². The molecule has 0 aliphatic heterocycles. The normalized spacial score (nSPS) is 33.7. The molecule has 0 amide bonds. The van der Waals surface area contributed by atoms with E-state index in [1.54, 1.807) is 12.2 Å². The zero-order valence-electron chi connectivity index (χ0n) is 5.94. The molecule has 0 heterocycles. The summed E-state index contributed by atoms with van der Waals surface area (Å²) < 4.78 is 0. The molecule has 1 aliphatic rings. The molecular weight excluding hydrogens is 142 g/mol. The smallest absolute Gasteiger partial charge is 0.0915 e. The highest BCUT2D eigenvalue weighted by Gasteiger charge is 2.16. The fraction of sp³-hybridized carbons (Fsp3) is 0.375. The molecule has 11 heavy (non-hydrogen) atoms. The van der Waals surface area contributed by atoms with Crippen LogP contribution in [0.5, 0.6) is 0 Å². The Hall–Kier alpha value is -1.11. The summed E-state index contributed by atoms with van der Waals surface area (Å²) in [5.74, 6) is 0. The summed E-state index contributed by atoms with van der Waals surface area (Å²) in [6.07, 6.45) is 3.42. The van der Waals surface area contributed by atoms with Crippen LogP contribution in [-0.2, 0) is 0 Å². The third-order valence-corrected chi connectivity index (χ3v) is 1.59. The molecule has 0 bridgehead atoms. The molecule has 0 unspecified atom stereocenters. The SMILES string of the molecule is N#C/C=C1\C=C[C@H](O)C[C@@H]1O.